The van der Waals surface area contributed by atoms with Gasteiger partial charge in [0.1, 0.15) is 0 Å². The van der Waals surface area contributed by atoms with E-state index in [2.05, 4.69) is 13.8 Å². The topological polar surface area (TPSA) is 37.4 Å². The zero-order valence-corrected chi connectivity index (χ0v) is 11.4. The van der Waals surface area contributed by atoms with Gasteiger partial charge in [0.2, 0.25) is 0 Å². The van der Waals surface area contributed by atoms with Crippen LogP contribution < -0.4 is 0 Å². The van der Waals surface area contributed by atoms with Crippen molar-refractivity contribution in [2.45, 2.75) is 39.2 Å². The normalized spacial score (nSPS) is 30.6. The Balaban J connectivity index is 1.95. The van der Waals surface area contributed by atoms with E-state index in [0.717, 1.165) is 12.8 Å². The molecule has 2 aliphatic rings. The number of imide groups is 1. The summed E-state index contributed by atoms with van der Waals surface area (Å²) in [5, 5.41) is 0. The smallest absolute Gasteiger partial charge is 0.261 e. The maximum atomic E-state index is 12.5. The summed E-state index contributed by atoms with van der Waals surface area (Å²) in [6, 6.07) is 7.22. The zero-order chi connectivity index (χ0) is 13.6. The first-order valence-electron chi connectivity index (χ1n) is 7.06. The summed E-state index contributed by atoms with van der Waals surface area (Å²) in [6.07, 6.45) is 3.23. The molecule has 100 valence electrons. The highest BCUT2D eigenvalue weighted by Crippen LogP contribution is 2.36. The lowest BCUT2D eigenvalue weighted by Gasteiger charge is -2.37. The molecule has 0 saturated heterocycles. The van der Waals surface area contributed by atoms with E-state index in [4.69, 9.17) is 0 Å². The summed E-state index contributed by atoms with van der Waals surface area (Å²) >= 11 is 0. The molecule has 1 heterocycles. The minimum absolute atomic E-state index is 0.0659. The molecule has 0 N–H and O–H groups in total. The highest BCUT2D eigenvalue weighted by atomic mass is 16.2. The Morgan fingerprint density at radius 1 is 1.00 bits per heavy atom. The highest BCUT2D eigenvalue weighted by Gasteiger charge is 2.42. The van der Waals surface area contributed by atoms with Gasteiger partial charge in [0.05, 0.1) is 11.1 Å². The first-order chi connectivity index (χ1) is 9.09. The molecule has 1 aromatic carbocycles. The molecule has 0 bridgehead atoms. The predicted molar refractivity (Wildman–Crippen MR) is 72.9 cm³/mol. The minimum atomic E-state index is -0.105. The van der Waals surface area contributed by atoms with Crippen molar-refractivity contribution in [1.29, 1.82) is 0 Å². The third-order valence-corrected chi connectivity index (χ3v) is 4.57. The van der Waals surface area contributed by atoms with E-state index in [1.165, 1.54) is 11.3 Å². The maximum Gasteiger partial charge on any atom is 0.261 e. The Morgan fingerprint density at radius 2 is 1.58 bits per heavy atom. The molecule has 1 aromatic rings. The van der Waals surface area contributed by atoms with Crippen LogP contribution in [0.5, 0.6) is 0 Å². The predicted octanol–water partition coefficient (Wildman–Crippen LogP) is 3.11. The quantitative estimate of drug-likeness (QED) is 0.725. The van der Waals surface area contributed by atoms with E-state index in [-0.39, 0.29) is 17.9 Å². The SMILES string of the molecule is CC1CCC(C)C(N2C(=O)c3ccccc3C2=O)C1. The summed E-state index contributed by atoms with van der Waals surface area (Å²) in [7, 11) is 0. The fourth-order valence-electron chi connectivity index (χ4n) is 3.37. The number of fused-ring (bicyclic) bond motifs is 1. The van der Waals surface area contributed by atoms with Gasteiger partial charge in [-0.1, -0.05) is 32.4 Å². The number of nitrogens with zero attached hydrogens (tertiary/aromatic N) is 1. The molecule has 3 atom stereocenters. The van der Waals surface area contributed by atoms with Crippen LogP contribution in [0.4, 0.5) is 0 Å². The average Bonchev–Trinajstić information content (AvgIpc) is 2.66. The fourth-order valence-corrected chi connectivity index (χ4v) is 3.37. The van der Waals surface area contributed by atoms with Gasteiger partial charge in [0.25, 0.3) is 11.8 Å². The largest absolute Gasteiger partial charge is 0.271 e. The Bertz CT molecular complexity index is 502. The van der Waals surface area contributed by atoms with Gasteiger partial charge in [0, 0.05) is 6.04 Å². The molecule has 0 spiro atoms. The number of benzene rings is 1. The second kappa shape index (κ2) is 4.48. The van der Waals surface area contributed by atoms with E-state index in [1.807, 2.05) is 12.1 Å². The van der Waals surface area contributed by atoms with E-state index in [9.17, 15) is 9.59 Å². The number of carbonyl (C=O) groups is 2. The van der Waals surface area contributed by atoms with Crippen molar-refractivity contribution in [3.05, 3.63) is 35.4 Å². The molecule has 19 heavy (non-hydrogen) atoms. The van der Waals surface area contributed by atoms with Gasteiger partial charge < -0.3 is 0 Å². The Hall–Kier alpha value is -1.64. The summed E-state index contributed by atoms with van der Waals surface area (Å²) in [6.45, 7) is 4.36. The van der Waals surface area contributed by atoms with E-state index in [0.29, 0.717) is 23.0 Å². The number of carbonyl (C=O) groups excluding carboxylic acids is 2. The lowest BCUT2D eigenvalue weighted by molar-refractivity contribution is 0.0449. The first-order valence-corrected chi connectivity index (χ1v) is 7.06. The molecule has 3 nitrogen and oxygen atoms in total. The maximum absolute atomic E-state index is 12.5. The van der Waals surface area contributed by atoms with Gasteiger partial charge in [0.15, 0.2) is 0 Å². The van der Waals surface area contributed by atoms with Crippen molar-refractivity contribution >= 4 is 11.8 Å². The standard InChI is InChI=1S/C16H19NO2/c1-10-7-8-11(2)14(9-10)17-15(18)12-5-3-4-6-13(12)16(17)19/h3-6,10-11,14H,7-9H2,1-2H3. The summed E-state index contributed by atoms with van der Waals surface area (Å²) in [4.78, 5) is 26.4. The number of rotatable bonds is 1. The van der Waals surface area contributed by atoms with Crippen LogP contribution in [0.2, 0.25) is 0 Å². The van der Waals surface area contributed by atoms with Gasteiger partial charge in [-0.25, -0.2) is 0 Å². The van der Waals surface area contributed by atoms with Crippen LogP contribution in [0.15, 0.2) is 24.3 Å². The highest BCUT2D eigenvalue weighted by molar-refractivity contribution is 6.21. The van der Waals surface area contributed by atoms with Crippen LogP contribution in [0.3, 0.4) is 0 Å². The monoisotopic (exact) mass is 257 g/mol. The molecule has 2 amide bonds. The van der Waals surface area contributed by atoms with Crippen LogP contribution in [0.25, 0.3) is 0 Å². The molecule has 0 aromatic heterocycles. The van der Waals surface area contributed by atoms with Gasteiger partial charge in [-0.3, -0.25) is 14.5 Å². The molecule has 1 aliphatic heterocycles. The molecule has 1 aliphatic carbocycles. The van der Waals surface area contributed by atoms with Crippen LogP contribution in [-0.4, -0.2) is 22.8 Å². The van der Waals surface area contributed by atoms with Gasteiger partial charge in [-0.2, -0.15) is 0 Å². The molecule has 3 rings (SSSR count). The molecular formula is C16H19NO2. The van der Waals surface area contributed by atoms with Crippen molar-refractivity contribution in [3.63, 3.8) is 0 Å². The van der Waals surface area contributed by atoms with Gasteiger partial charge in [-0.05, 0) is 36.8 Å². The van der Waals surface area contributed by atoms with Gasteiger partial charge in [-0.15, -0.1) is 0 Å². The van der Waals surface area contributed by atoms with Crippen molar-refractivity contribution in [1.82, 2.24) is 4.90 Å². The van der Waals surface area contributed by atoms with E-state index >= 15 is 0 Å². The van der Waals surface area contributed by atoms with E-state index < -0.39 is 0 Å². The number of amides is 2. The Kier molecular flexibility index (Phi) is 2.92. The summed E-state index contributed by atoms with van der Waals surface area (Å²) in [5.74, 6) is 0.780. The number of hydrogen-bond donors (Lipinski definition) is 0. The molecule has 0 radical (unpaired) electrons. The van der Waals surface area contributed by atoms with Crippen molar-refractivity contribution in [3.8, 4) is 0 Å². The Morgan fingerprint density at radius 3 is 2.16 bits per heavy atom. The average molecular weight is 257 g/mol. The summed E-state index contributed by atoms with van der Waals surface area (Å²) < 4.78 is 0. The second-order valence-electron chi connectivity index (χ2n) is 5.99. The van der Waals surface area contributed by atoms with Crippen LogP contribution >= 0.6 is 0 Å². The third kappa shape index (κ3) is 1.88. The van der Waals surface area contributed by atoms with Crippen molar-refractivity contribution in [2.24, 2.45) is 11.8 Å². The molecule has 3 unspecified atom stereocenters. The minimum Gasteiger partial charge on any atom is -0.271 e. The molecule has 3 heteroatoms. The number of hydrogen-bond acceptors (Lipinski definition) is 2. The molecule has 1 fully saturated rings. The fraction of sp³-hybridized carbons (Fsp3) is 0.500. The Labute approximate surface area is 113 Å². The van der Waals surface area contributed by atoms with E-state index in [1.54, 1.807) is 12.1 Å². The molecule has 1 saturated carbocycles. The van der Waals surface area contributed by atoms with Crippen LogP contribution in [0.1, 0.15) is 53.8 Å². The first kappa shape index (κ1) is 12.4. The third-order valence-electron chi connectivity index (χ3n) is 4.57. The summed E-state index contributed by atoms with van der Waals surface area (Å²) in [5.41, 5.74) is 1.14. The lowest BCUT2D eigenvalue weighted by Crippen LogP contribution is -2.46. The van der Waals surface area contributed by atoms with Crippen molar-refractivity contribution in [2.75, 3.05) is 0 Å². The van der Waals surface area contributed by atoms with Crippen LogP contribution in [-0.2, 0) is 0 Å². The van der Waals surface area contributed by atoms with Crippen LogP contribution in [0, 0.1) is 11.8 Å². The zero-order valence-electron chi connectivity index (χ0n) is 11.4. The van der Waals surface area contributed by atoms with Gasteiger partial charge >= 0.3 is 0 Å². The van der Waals surface area contributed by atoms with Crippen molar-refractivity contribution < 1.29 is 9.59 Å². The molecular weight excluding hydrogens is 238 g/mol. The second-order valence-corrected chi connectivity index (χ2v) is 5.99. The lowest BCUT2D eigenvalue weighted by atomic mass is 9.79.